The molecular weight excluding hydrogens is 496 g/mol. The summed E-state index contributed by atoms with van der Waals surface area (Å²) in [6, 6.07) is 6.18. The SMILES string of the molecule is COc1cc2c(cc1OC)[C@H](CN(C)CCC(=O)N1CCc3cc(OC)c(OC)c(OC)c3CC1)C2.Cl. The first kappa shape index (κ1) is 28.7. The molecule has 37 heavy (non-hydrogen) atoms. The maximum absolute atomic E-state index is 13.1. The minimum absolute atomic E-state index is 0. The zero-order chi connectivity index (χ0) is 25.8. The normalized spacial score (nSPS) is 16.0. The Morgan fingerprint density at radius 3 is 2.14 bits per heavy atom. The van der Waals surface area contributed by atoms with Crippen LogP contribution in [0.2, 0.25) is 0 Å². The molecule has 1 aliphatic heterocycles. The van der Waals surface area contributed by atoms with Gasteiger partial charge < -0.3 is 33.5 Å². The smallest absolute Gasteiger partial charge is 0.223 e. The molecule has 204 valence electrons. The Labute approximate surface area is 226 Å². The molecule has 0 saturated heterocycles. The van der Waals surface area contributed by atoms with E-state index < -0.39 is 0 Å². The van der Waals surface area contributed by atoms with Crippen LogP contribution in [0.4, 0.5) is 0 Å². The van der Waals surface area contributed by atoms with Gasteiger partial charge in [0.05, 0.1) is 35.5 Å². The highest BCUT2D eigenvalue weighted by Crippen LogP contribution is 2.44. The highest BCUT2D eigenvalue weighted by molar-refractivity contribution is 5.85. The summed E-state index contributed by atoms with van der Waals surface area (Å²) in [4.78, 5) is 17.3. The van der Waals surface area contributed by atoms with Gasteiger partial charge in [-0.3, -0.25) is 4.79 Å². The number of benzene rings is 2. The van der Waals surface area contributed by atoms with Gasteiger partial charge in [0.15, 0.2) is 23.0 Å². The number of ether oxygens (including phenoxy) is 5. The third kappa shape index (κ3) is 5.85. The van der Waals surface area contributed by atoms with Gasteiger partial charge in [-0.05, 0) is 61.2 Å². The topological polar surface area (TPSA) is 69.7 Å². The molecule has 2 aliphatic rings. The molecule has 8 nitrogen and oxygen atoms in total. The standard InChI is InChI=1S/C28H38N2O6.ClH/c1-29(17-20-13-19-15-23(32-2)24(33-3)16-22(19)20)10-9-26(31)30-11-7-18-14-25(34-4)28(36-6)27(35-5)21(18)8-12-30;/h14-16,20H,7-13,17H2,1-6H3;1H/t20-;/m0./s1. The van der Waals surface area contributed by atoms with Gasteiger partial charge in [-0.2, -0.15) is 0 Å². The number of methoxy groups -OCH3 is 5. The van der Waals surface area contributed by atoms with Crippen molar-refractivity contribution in [3.05, 3.63) is 40.5 Å². The van der Waals surface area contributed by atoms with E-state index in [0.717, 1.165) is 55.0 Å². The van der Waals surface area contributed by atoms with Crippen LogP contribution in [0.3, 0.4) is 0 Å². The Balaban J connectivity index is 0.00000380. The lowest BCUT2D eigenvalue weighted by Crippen LogP contribution is -2.37. The zero-order valence-electron chi connectivity index (χ0n) is 22.7. The fourth-order valence-electron chi connectivity index (χ4n) is 5.44. The first-order valence-corrected chi connectivity index (χ1v) is 12.5. The van der Waals surface area contributed by atoms with Gasteiger partial charge >= 0.3 is 0 Å². The average molecular weight is 535 g/mol. The summed E-state index contributed by atoms with van der Waals surface area (Å²) >= 11 is 0. The van der Waals surface area contributed by atoms with E-state index in [-0.39, 0.29) is 18.3 Å². The van der Waals surface area contributed by atoms with E-state index >= 15 is 0 Å². The van der Waals surface area contributed by atoms with Crippen molar-refractivity contribution in [3.8, 4) is 28.7 Å². The number of hydrogen-bond donors (Lipinski definition) is 0. The minimum atomic E-state index is 0. The molecule has 0 unspecified atom stereocenters. The maximum atomic E-state index is 13.1. The molecule has 0 bridgehead atoms. The van der Waals surface area contributed by atoms with Crippen molar-refractivity contribution in [1.82, 2.24) is 9.80 Å². The van der Waals surface area contributed by atoms with Crippen LogP contribution in [-0.4, -0.2) is 84.5 Å². The van der Waals surface area contributed by atoms with Crippen molar-refractivity contribution in [2.75, 3.05) is 68.8 Å². The molecule has 9 heteroatoms. The average Bonchev–Trinajstić information content (AvgIpc) is 3.11. The van der Waals surface area contributed by atoms with E-state index in [2.05, 4.69) is 24.1 Å². The zero-order valence-corrected chi connectivity index (χ0v) is 23.5. The third-order valence-electron chi connectivity index (χ3n) is 7.45. The van der Waals surface area contributed by atoms with Crippen LogP contribution < -0.4 is 23.7 Å². The minimum Gasteiger partial charge on any atom is -0.493 e. The van der Waals surface area contributed by atoms with E-state index in [9.17, 15) is 4.79 Å². The number of likely N-dealkylation sites (N-methyl/N-ethyl adjacent to an activating group) is 1. The van der Waals surface area contributed by atoms with Crippen molar-refractivity contribution in [2.24, 2.45) is 0 Å². The molecule has 0 saturated carbocycles. The van der Waals surface area contributed by atoms with Gasteiger partial charge in [0.25, 0.3) is 0 Å². The second-order valence-electron chi connectivity index (χ2n) is 9.48. The molecule has 1 heterocycles. The first-order valence-electron chi connectivity index (χ1n) is 12.5. The number of halogens is 1. The van der Waals surface area contributed by atoms with Gasteiger partial charge in [0, 0.05) is 44.1 Å². The molecule has 2 aromatic carbocycles. The Morgan fingerprint density at radius 2 is 1.49 bits per heavy atom. The predicted molar refractivity (Wildman–Crippen MR) is 145 cm³/mol. The second kappa shape index (κ2) is 12.6. The molecule has 0 aromatic heterocycles. The molecule has 0 fully saturated rings. The number of nitrogens with zero attached hydrogens (tertiary/aromatic N) is 2. The molecule has 2 aromatic rings. The highest BCUT2D eigenvalue weighted by atomic mass is 35.5. The molecule has 4 rings (SSSR count). The van der Waals surface area contributed by atoms with E-state index in [1.807, 2.05) is 11.0 Å². The number of fused-ring (bicyclic) bond motifs is 2. The van der Waals surface area contributed by atoms with Gasteiger partial charge in [-0.1, -0.05) is 0 Å². The molecule has 0 N–H and O–H groups in total. The molecule has 1 amide bonds. The summed E-state index contributed by atoms with van der Waals surface area (Å²) < 4.78 is 27.6. The lowest BCUT2D eigenvalue weighted by atomic mass is 9.77. The fraction of sp³-hybridized carbons (Fsp3) is 0.536. The van der Waals surface area contributed by atoms with Crippen molar-refractivity contribution >= 4 is 18.3 Å². The summed E-state index contributed by atoms with van der Waals surface area (Å²) in [7, 11) is 10.3. The Hall–Kier alpha value is -2.84. The highest BCUT2D eigenvalue weighted by Gasteiger charge is 2.30. The van der Waals surface area contributed by atoms with Crippen molar-refractivity contribution in [1.29, 1.82) is 0 Å². The van der Waals surface area contributed by atoms with E-state index in [1.54, 1.807) is 35.5 Å². The lowest BCUT2D eigenvalue weighted by molar-refractivity contribution is -0.131. The number of hydrogen-bond acceptors (Lipinski definition) is 7. The Kier molecular flexibility index (Phi) is 9.79. The van der Waals surface area contributed by atoms with Crippen molar-refractivity contribution < 1.29 is 28.5 Å². The molecule has 0 spiro atoms. The number of amides is 1. The van der Waals surface area contributed by atoms with Crippen LogP contribution in [-0.2, 0) is 24.1 Å². The maximum Gasteiger partial charge on any atom is 0.223 e. The molecular formula is C28H39ClN2O6. The summed E-state index contributed by atoms with van der Waals surface area (Å²) in [5.74, 6) is 4.15. The Bertz CT molecular complexity index is 1110. The van der Waals surface area contributed by atoms with E-state index in [1.165, 1.54) is 11.1 Å². The monoisotopic (exact) mass is 534 g/mol. The van der Waals surface area contributed by atoms with Crippen LogP contribution >= 0.6 is 12.4 Å². The van der Waals surface area contributed by atoms with Crippen molar-refractivity contribution in [3.63, 3.8) is 0 Å². The predicted octanol–water partition coefficient (Wildman–Crippen LogP) is 3.74. The van der Waals surface area contributed by atoms with E-state index in [0.29, 0.717) is 42.7 Å². The first-order chi connectivity index (χ1) is 17.4. The van der Waals surface area contributed by atoms with Crippen LogP contribution in [0.5, 0.6) is 28.7 Å². The van der Waals surface area contributed by atoms with Crippen LogP contribution in [0.15, 0.2) is 18.2 Å². The fourth-order valence-corrected chi connectivity index (χ4v) is 5.44. The van der Waals surface area contributed by atoms with Crippen LogP contribution in [0.25, 0.3) is 0 Å². The van der Waals surface area contributed by atoms with Gasteiger partial charge in [0.1, 0.15) is 0 Å². The number of carbonyl (C=O) groups excluding carboxylic acids is 1. The lowest BCUT2D eigenvalue weighted by Gasteiger charge is -2.34. The van der Waals surface area contributed by atoms with E-state index in [4.69, 9.17) is 23.7 Å². The van der Waals surface area contributed by atoms with Gasteiger partial charge in [-0.15, -0.1) is 12.4 Å². The number of rotatable bonds is 10. The third-order valence-corrected chi connectivity index (χ3v) is 7.45. The van der Waals surface area contributed by atoms with Gasteiger partial charge in [-0.25, -0.2) is 0 Å². The van der Waals surface area contributed by atoms with Gasteiger partial charge in [0.2, 0.25) is 11.7 Å². The second-order valence-corrected chi connectivity index (χ2v) is 9.48. The summed E-state index contributed by atoms with van der Waals surface area (Å²) in [5, 5.41) is 0. The molecule has 0 radical (unpaired) electrons. The summed E-state index contributed by atoms with van der Waals surface area (Å²) in [6.45, 7) is 3.00. The van der Waals surface area contributed by atoms with Crippen LogP contribution in [0.1, 0.15) is 34.6 Å². The number of carbonyl (C=O) groups is 1. The Morgan fingerprint density at radius 1 is 0.865 bits per heavy atom. The van der Waals surface area contributed by atoms with Crippen molar-refractivity contribution in [2.45, 2.75) is 31.6 Å². The molecule has 1 aliphatic carbocycles. The molecule has 1 atom stereocenters. The summed E-state index contributed by atoms with van der Waals surface area (Å²) in [5.41, 5.74) is 4.87. The summed E-state index contributed by atoms with van der Waals surface area (Å²) in [6.07, 6.45) is 3.01. The largest absolute Gasteiger partial charge is 0.493 e. The quantitative estimate of drug-likeness (QED) is 0.460. The van der Waals surface area contributed by atoms with Crippen LogP contribution in [0, 0.1) is 0 Å².